The van der Waals surface area contributed by atoms with Crippen molar-refractivity contribution in [2.45, 2.75) is 53.6 Å². The molecule has 1 unspecified atom stereocenters. The maximum Gasteiger partial charge on any atom is 0.263 e. The molecule has 6 nitrogen and oxygen atoms in total. The number of nitrogens with one attached hydrogen (secondary N) is 1. The summed E-state index contributed by atoms with van der Waals surface area (Å²) in [5.41, 5.74) is 1.64. The molecular weight excluding hydrogens is 386 g/mol. The van der Waals surface area contributed by atoms with Crippen LogP contribution >= 0.6 is 11.3 Å². The Kier molecular flexibility index (Phi) is 6.37. The molecule has 0 fully saturated rings. The van der Waals surface area contributed by atoms with Crippen LogP contribution in [0.4, 0.5) is 0 Å². The molecule has 3 rings (SSSR count). The standard InChI is InChI=1S/C22H27N3O3S/c1-6-13(3)23-18(26)12-25-15(5)24-21-20(22(25)27)19(14(4)29-21)16-8-10-17(11-9-16)28-7-2/h8-11,13H,6-7,12H2,1-5H3,(H,23,26). The van der Waals surface area contributed by atoms with Crippen molar-refractivity contribution < 1.29 is 9.53 Å². The van der Waals surface area contributed by atoms with Crippen molar-refractivity contribution in [3.63, 3.8) is 0 Å². The first-order valence-corrected chi connectivity index (χ1v) is 10.7. The van der Waals surface area contributed by atoms with Gasteiger partial charge in [0.25, 0.3) is 5.56 Å². The third-order valence-corrected chi connectivity index (χ3v) is 5.95. The largest absolute Gasteiger partial charge is 0.494 e. The van der Waals surface area contributed by atoms with Gasteiger partial charge in [0.05, 0.1) is 12.0 Å². The number of amides is 1. The van der Waals surface area contributed by atoms with E-state index in [2.05, 4.69) is 10.3 Å². The van der Waals surface area contributed by atoms with Crippen LogP contribution in [0.15, 0.2) is 29.1 Å². The van der Waals surface area contributed by atoms with Gasteiger partial charge in [-0.2, -0.15) is 0 Å². The van der Waals surface area contributed by atoms with Gasteiger partial charge in [-0.25, -0.2) is 4.98 Å². The molecule has 0 bridgehead atoms. The quantitative estimate of drug-likeness (QED) is 0.634. The number of aryl methyl sites for hydroxylation is 2. The van der Waals surface area contributed by atoms with Crippen molar-refractivity contribution in [1.29, 1.82) is 0 Å². The molecule has 0 aliphatic heterocycles. The fraction of sp³-hybridized carbons (Fsp3) is 0.409. The van der Waals surface area contributed by atoms with Crippen molar-refractivity contribution in [3.05, 3.63) is 45.3 Å². The van der Waals surface area contributed by atoms with Crippen LogP contribution in [0.5, 0.6) is 5.75 Å². The summed E-state index contributed by atoms with van der Waals surface area (Å²) in [7, 11) is 0. The number of fused-ring (bicyclic) bond motifs is 1. The third-order valence-electron chi connectivity index (χ3n) is 4.95. The molecule has 1 amide bonds. The van der Waals surface area contributed by atoms with Gasteiger partial charge in [0.1, 0.15) is 22.9 Å². The number of carbonyl (C=O) groups is 1. The summed E-state index contributed by atoms with van der Waals surface area (Å²) in [5, 5.41) is 3.48. The second-order valence-corrected chi connectivity index (χ2v) is 8.30. The van der Waals surface area contributed by atoms with Gasteiger partial charge in [-0.1, -0.05) is 19.1 Å². The highest BCUT2D eigenvalue weighted by atomic mass is 32.1. The summed E-state index contributed by atoms with van der Waals surface area (Å²) in [6.07, 6.45) is 0.836. The van der Waals surface area contributed by atoms with E-state index in [4.69, 9.17) is 4.74 Å². The number of ether oxygens (including phenoxy) is 1. The van der Waals surface area contributed by atoms with Gasteiger partial charge in [-0.3, -0.25) is 14.2 Å². The van der Waals surface area contributed by atoms with Crippen molar-refractivity contribution in [1.82, 2.24) is 14.9 Å². The van der Waals surface area contributed by atoms with E-state index in [0.29, 0.717) is 22.6 Å². The third kappa shape index (κ3) is 4.34. The van der Waals surface area contributed by atoms with Gasteiger partial charge in [0, 0.05) is 16.5 Å². The topological polar surface area (TPSA) is 73.2 Å². The predicted molar refractivity (Wildman–Crippen MR) is 118 cm³/mol. The number of rotatable bonds is 7. The van der Waals surface area contributed by atoms with E-state index in [0.717, 1.165) is 28.2 Å². The zero-order valence-corrected chi connectivity index (χ0v) is 18.4. The molecule has 0 aliphatic carbocycles. The number of carbonyl (C=O) groups excluding carboxylic acids is 1. The van der Waals surface area contributed by atoms with Crippen LogP contribution in [-0.4, -0.2) is 28.1 Å². The molecule has 1 atom stereocenters. The lowest BCUT2D eigenvalue weighted by molar-refractivity contribution is -0.122. The van der Waals surface area contributed by atoms with Crippen molar-refractivity contribution in [2.75, 3.05) is 6.61 Å². The average Bonchev–Trinajstić information content (AvgIpc) is 3.01. The van der Waals surface area contributed by atoms with E-state index in [1.165, 1.54) is 15.9 Å². The minimum atomic E-state index is -0.181. The van der Waals surface area contributed by atoms with Gasteiger partial charge in [-0.05, 0) is 51.8 Å². The summed E-state index contributed by atoms with van der Waals surface area (Å²) in [6, 6.07) is 7.79. The molecule has 0 saturated heterocycles. The lowest BCUT2D eigenvalue weighted by atomic mass is 10.0. The molecule has 0 saturated carbocycles. The van der Waals surface area contributed by atoms with Crippen LogP contribution in [0.25, 0.3) is 21.3 Å². The van der Waals surface area contributed by atoms with Crippen LogP contribution in [0.3, 0.4) is 0 Å². The molecule has 2 aromatic heterocycles. The van der Waals surface area contributed by atoms with Gasteiger partial charge in [0.15, 0.2) is 0 Å². The first-order chi connectivity index (χ1) is 13.8. The number of thiophene rings is 1. The Morgan fingerprint density at radius 2 is 1.93 bits per heavy atom. The van der Waals surface area contributed by atoms with E-state index < -0.39 is 0 Å². The average molecular weight is 414 g/mol. The molecule has 2 heterocycles. The van der Waals surface area contributed by atoms with Crippen LogP contribution in [-0.2, 0) is 11.3 Å². The number of aromatic nitrogens is 2. The smallest absolute Gasteiger partial charge is 0.263 e. The van der Waals surface area contributed by atoms with E-state index >= 15 is 0 Å². The van der Waals surface area contributed by atoms with Gasteiger partial charge in [-0.15, -0.1) is 11.3 Å². The van der Waals surface area contributed by atoms with Crippen LogP contribution in [0, 0.1) is 13.8 Å². The Labute approximate surface area is 174 Å². The van der Waals surface area contributed by atoms with E-state index in [1.54, 1.807) is 6.92 Å². The highest BCUT2D eigenvalue weighted by molar-refractivity contribution is 7.19. The minimum absolute atomic E-state index is 0.0322. The number of benzene rings is 1. The van der Waals surface area contributed by atoms with Gasteiger partial charge >= 0.3 is 0 Å². The molecular formula is C22H27N3O3S. The Morgan fingerprint density at radius 1 is 1.24 bits per heavy atom. The second-order valence-electron chi connectivity index (χ2n) is 7.10. The fourth-order valence-corrected chi connectivity index (χ4v) is 4.36. The van der Waals surface area contributed by atoms with Crippen molar-refractivity contribution in [3.8, 4) is 16.9 Å². The Morgan fingerprint density at radius 3 is 2.55 bits per heavy atom. The highest BCUT2D eigenvalue weighted by Gasteiger charge is 2.20. The van der Waals surface area contributed by atoms with Crippen molar-refractivity contribution >= 4 is 27.5 Å². The first-order valence-electron chi connectivity index (χ1n) is 9.88. The summed E-state index contributed by atoms with van der Waals surface area (Å²) >= 11 is 1.50. The number of hydrogen-bond acceptors (Lipinski definition) is 5. The van der Waals surface area contributed by atoms with Crippen LogP contribution in [0.2, 0.25) is 0 Å². The molecule has 0 aliphatic rings. The molecule has 7 heteroatoms. The summed E-state index contributed by atoms with van der Waals surface area (Å²) in [5.74, 6) is 1.16. The van der Waals surface area contributed by atoms with E-state index in [9.17, 15) is 9.59 Å². The Balaban J connectivity index is 2.07. The van der Waals surface area contributed by atoms with Crippen molar-refractivity contribution in [2.24, 2.45) is 0 Å². The molecule has 1 aromatic carbocycles. The lowest BCUT2D eigenvalue weighted by Crippen LogP contribution is -2.38. The molecule has 1 N–H and O–H groups in total. The van der Waals surface area contributed by atoms with Crippen LogP contribution in [0.1, 0.15) is 37.9 Å². The monoisotopic (exact) mass is 413 g/mol. The molecule has 0 spiro atoms. The molecule has 154 valence electrons. The Hall–Kier alpha value is -2.67. The number of nitrogens with zero attached hydrogens (tertiary/aromatic N) is 2. The Bertz CT molecular complexity index is 1080. The first kappa shape index (κ1) is 21.0. The fourth-order valence-electron chi connectivity index (χ4n) is 3.28. The summed E-state index contributed by atoms with van der Waals surface area (Å²) < 4.78 is 6.98. The SMILES string of the molecule is CCOc1ccc(-c2c(C)sc3nc(C)n(CC(=O)NC(C)CC)c(=O)c23)cc1. The number of hydrogen-bond donors (Lipinski definition) is 1. The molecule has 0 radical (unpaired) electrons. The maximum atomic E-state index is 13.3. The maximum absolute atomic E-state index is 13.3. The summed E-state index contributed by atoms with van der Waals surface area (Å²) in [4.78, 5) is 32.1. The highest BCUT2D eigenvalue weighted by Crippen LogP contribution is 2.36. The lowest BCUT2D eigenvalue weighted by Gasteiger charge is -2.14. The minimum Gasteiger partial charge on any atom is -0.494 e. The zero-order chi connectivity index (χ0) is 21.1. The second kappa shape index (κ2) is 8.78. The van der Waals surface area contributed by atoms with Gasteiger partial charge in [0.2, 0.25) is 5.91 Å². The normalized spacial score (nSPS) is 12.2. The molecule has 29 heavy (non-hydrogen) atoms. The summed E-state index contributed by atoms with van der Waals surface area (Å²) in [6.45, 7) is 10.2. The van der Waals surface area contributed by atoms with E-state index in [1.807, 2.05) is 52.0 Å². The molecule has 3 aromatic rings. The zero-order valence-electron chi connectivity index (χ0n) is 17.5. The van der Waals surface area contributed by atoms with Crippen LogP contribution < -0.4 is 15.6 Å². The van der Waals surface area contributed by atoms with Gasteiger partial charge < -0.3 is 10.1 Å². The predicted octanol–water partition coefficient (Wildman–Crippen LogP) is 4.06. The van der Waals surface area contributed by atoms with E-state index in [-0.39, 0.29) is 24.1 Å².